The average molecular weight is 411 g/mol. The zero-order valence-corrected chi connectivity index (χ0v) is 17.5. The van der Waals surface area contributed by atoms with E-state index in [1.165, 1.54) is 40.7 Å². The van der Waals surface area contributed by atoms with Crippen molar-refractivity contribution in [2.75, 3.05) is 17.8 Å². The number of anilines is 1. The summed E-state index contributed by atoms with van der Waals surface area (Å²) in [5.74, 6) is 0. The van der Waals surface area contributed by atoms with Gasteiger partial charge in [0.2, 0.25) is 10.0 Å². The lowest BCUT2D eigenvalue weighted by Crippen LogP contribution is -2.32. The molecule has 0 saturated heterocycles. The highest BCUT2D eigenvalue weighted by Crippen LogP contribution is 2.21. The molecule has 0 radical (unpaired) electrons. The van der Waals surface area contributed by atoms with Crippen LogP contribution in [0.4, 0.5) is 5.69 Å². The van der Waals surface area contributed by atoms with E-state index in [-0.39, 0.29) is 9.79 Å². The van der Waals surface area contributed by atoms with Crippen molar-refractivity contribution in [1.82, 2.24) is 4.31 Å². The van der Waals surface area contributed by atoms with Crippen LogP contribution in [0.3, 0.4) is 0 Å². The molecular formula is C19H26N2O4S2. The van der Waals surface area contributed by atoms with Crippen LogP contribution >= 0.6 is 0 Å². The number of sulfonamides is 2. The van der Waals surface area contributed by atoms with Gasteiger partial charge in [0.15, 0.2) is 0 Å². The molecule has 0 saturated carbocycles. The van der Waals surface area contributed by atoms with E-state index in [4.69, 9.17) is 0 Å². The highest BCUT2D eigenvalue weighted by molar-refractivity contribution is 7.92. The Kier molecular flexibility index (Phi) is 7.02. The molecule has 0 unspecified atom stereocenters. The van der Waals surface area contributed by atoms with Crippen molar-refractivity contribution in [3.8, 4) is 0 Å². The number of hydrogen-bond acceptors (Lipinski definition) is 4. The van der Waals surface area contributed by atoms with Crippen LogP contribution in [0, 0.1) is 6.92 Å². The Bertz CT molecular complexity index is 946. The highest BCUT2D eigenvalue weighted by Gasteiger charge is 2.23. The maximum absolute atomic E-state index is 12.7. The molecule has 2 aromatic carbocycles. The minimum absolute atomic E-state index is 0.155. The predicted octanol–water partition coefficient (Wildman–Crippen LogP) is 3.61. The molecule has 0 aromatic heterocycles. The first-order valence-corrected chi connectivity index (χ1v) is 11.8. The standard InChI is InChI=1S/C19H26N2O4S2/c1-4-14-21(15-5-2)27(24,25)19-12-8-17(9-13-19)20-26(22,23)18-10-6-16(3)7-11-18/h6-13,20H,4-5,14-15H2,1-3H3. The van der Waals surface area contributed by atoms with Gasteiger partial charge in [-0.2, -0.15) is 4.31 Å². The third-order valence-electron chi connectivity index (χ3n) is 4.02. The highest BCUT2D eigenvalue weighted by atomic mass is 32.2. The van der Waals surface area contributed by atoms with Crippen LogP contribution in [0.1, 0.15) is 32.3 Å². The number of nitrogens with one attached hydrogen (secondary N) is 1. The fraction of sp³-hybridized carbons (Fsp3) is 0.368. The van der Waals surface area contributed by atoms with Crippen molar-refractivity contribution in [3.05, 3.63) is 54.1 Å². The van der Waals surface area contributed by atoms with Crippen molar-refractivity contribution in [2.24, 2.45) is 0 Å². The van der Waals surface area contributed by atoms with Crippen LogP contribution in [-0.2, 0) is 20.0 Å². The van der Waals surface area contributed by atoms with Crippen LogP contribution in [0.25, 0.3) is 0 Å². The van der Waals surface area contributed by atoms with Crippen LogP contribution in [0.2, 0.25) is 0 Å². The van der Waals surface area contributed by atoms with Gasteiger partial charge in [-0.25, -0.2) is 16.8 Å². The summed E-state index contributed by atoms with van der Waals surface area (Å²) >= 11 is 0. The Labute approximate surface area is 162 Å². The number of benzene rings is 2. The lowest BCUT2D eigenvalue weighted by atomic mass is 10.2. The Morgan fingerprint density at radius 3 is 1.74 bits per heavy atom. The normalized spacial score (nSPS) is 12.3. The van der Waals surface area contributed by atoms with Gasteiger partial charge in [0.05, 0.1) is 9.79 Å². The van der Waals surface area contributed by atoms with Crippen molar-refractivity contribution < 1.29 is 16.8 Å². The number of nitrogens with zero attached hydrogens (tertiary/aromatic N) is 1. The number of hydrogen-bond donors (Lipinski definition) is 1. The van der Waals surface area contributed by atoms with Crippen LogP contribution < -0.4 is 4.72 Å². The number of aryl methyl sites for hydroxylation is 1. The minimum atomic E-state index is -3.72. The van der Waals surface area contributed by atoms with Crippen molar-refractivity contribution in [1.29, 1.82) is 0 Å². The molecule has 6 nitrogen and oxygen atoms in total. The summed E-state index contributed by atoms with van der Waals surface area (Å²) in [6, 6.07) is 12.3. The van der Waals surface area contributed by atoms with Crippen molar-refractivity contribution in [2.45, 2.75) is 43.4 Å². The topological polar surface area (TPSA) is 83.6 Å². The summed E-state index contributed by atoms with van der Waals surface area (Å²) in [5, 5.41) is 0. The second-order valence-corrected chi connectivity index (χ2v) is 9.97. The molecule has 2 rings (SSSR count). The summed E-state index contributed by atoms with van der Waals surface area (Å²) in [7, 11) is -7.31. The molecule has 8 heteroatoms. The molecule has 0 spiro atoms. The Morgan fingerprint density at radius 2 is 1.26 bits per heavy atom. The summed E-state index contributed by atoms with van der Waals surface area (Å²) in [4.78, 5) is 0.310. The molecule has 2 aromatic rings. The second kappa shape index (κ2) is 8.86. The Morgan fingerprint density at radius 1 is 0.778 bits per heavy atom. The largest absolute Gasteiger partial charge is 0.280 e. The molecule has 27 heavy (non-hydrogen) atoms. The first-order valence-electron chi connectivity index (χ1n) is 8.90. The molecule has 148 valence electrons. The molecule has 1 N–H and O–H groups in total. The average Bonchev–Trinajstić information content (AvgIpc) is 2.62. The molecule has 0 heterocycles. The van der Waals surface area contributed by atoms with E-state index in [0.717, 1.165) is 18.4 Å². The van der Waals surface area contributed by atoms with Gasteiger partial charge in [-0.15, -0.1) is 0 Å². The lowest BCUT2D eigenvalue weighted by molar-refractivity contribution is 0.410. The lowest BCUT2D eigenvalue weighted by Gasteiger charge is -2.21. The van der Waals surface area contributed by atoms with Crippen LogP contribution in [-0.4, -0.2) is 34.2 Å². The molecule has 0 atom stereocenters. The molecular weight excluding hydrogens is 384 g/mol. The van der Waals surface area contributed by atoms with E-state index >= 15 is 0 Å². The quantitative estimate of drug-likeness (QED) is 0.684. The summed E-state index contributed by atoms with van der Waals surface area (Å²) in [6.07, 6.45) is 1.46. The van der Waals surface area contributed by atoms with Gasteiger partial charge in [-0.3, -0.25) is 4.72 Å². The van der Waals surface area contributed by atoms with E-state index in [9.17, 15) is 16.8 Å². The Balaban J connectivity index is 2.22. The molecule has 0 bridgehead atoms. The van der Waals surface area contributed by atoms with Crippen LogP contribution in [0.15, 0.2) is 58.3 Å². The molecule has 0 aliphatic rings. The van der Waals surface area contributed by atoms with Crippen molar-refractivity contribution >= 4 is 25.7 Å². The maximum atomic E-state index is 12.7. The summed E-state index contributed by atoms with van der Waals surface area (Å²) in [5.41, 5.74) is 1.28. The minimum Gasteiger partial charge on any atom is -0.280 e. The second-order valence-electron chi connectivity index (χ2n) is 6.35. The van der Waals surface area contributed by atoms with Gasteiger partial charge in [0.1, 0.15) is 0 Å². The van der Waals surface area contributed by atoms with Crippen LogP contribution in [0.5, 0.6) is 0 Å². The van der Waals surface area contributed by atoms with Crippen molar-refractivity contribution in [3.63, 3.8) is 0 Å². The van der Waals surface area contributed by atoms with Gasteiger partial charge in [-0.1, -0.05) is 31.5 Å². The van der Waals surface area contributed by atoms with E-state index in [1.807, 2.05) is 20.8 Å². The molecule has 0 aliphatic heterocycles. The zero-order valence-electron chi connectivity index (χ0n) is 15.8. The first-order chi connectivity index (χ1) is 12.7. The molecule has 0 aliphatic carbocycles. The Hall–Kier alpha value is -1.90. The fourth-order valence-electron chi connectivity index (χ4n) is 2.63. The third-order valence-corrected chi connectivity index (χ3v) is 7.33. The first kappa shape index (κ1) is 21.4. The van der Waals surface area contributed by atoms with Gasteiger partial charge < -0.3 is 0 Å². The van der Waals surface area contributed by atoms with E-state index in [2.05, 4.69) is 4.72 Å². The monoisotopic (exact) mass is 410 g/mol. The van der Waals surface area contributed by atoms with E-state index < -0.39 is 20.0 Å². The third kappa shape index (κ3) is 5.31. The summed E-state index contributed by atoms with van der Waals surface area (Å²) in [6.45, 7) is 6.65. The van der Waals surface area contributed by atoms with E-state index in [1.54, 1.807) is 12.1 Å². The zero-order chi connectivity index (χ0) is 20.1. The van der Waals surface area contributed by atoms with Gasteiger partial charge in [0, 0.05) is 18.8 Å². The SMILES string of the molecule is CCCN(CCC)S(=O)(=O)c1ccc(NS(=O)(=O)c2ccc(C)cc2)cc1. The van der Waals surface area contributed by atoms with E-state index in [0.29, 0.717) is 18.8 Å². The predicted molar refractivity (Wildman–Crippen MR) is 108 cm³/mol. The molecule has 0 amide bonds. The fourth-order valence-corrected chi connectivity index (χ4v) is 5.31. The number of rotatable bonds is 9. The van der Waals surface area contributed by atoms with Gasteiger partial charge in [-0.05, 0) is 56.2 Å². The summed E-state index contributed by atoms with van der Waals surface area (Å²) < 4.78 is 54.3. The molecule has 0 fully saturated rings. The van der Waals surface area contributed by atoms with Gasteiger partial charge in [0.25, 0.3) is 10.0 Å². The van der Waals surface area contributed by atoms with Gasteiger partial charge >= 0.3 is 0 Å². The smallest absolute Gasteiger partial charge is 0.261 e. The maximum Gasteiger partial charge on any atom is 0.261 e.